The van der Waals surface area contributed by atoms with Crippen LogP contribution in [0, 0.1) is 19.8 Å². The summed E-state index contributed by atoms with van der Waals surface area (Å²) in [6, 6.07) is 16.4. The normalized spacial score (nSPS) is 20.0. The van der Waals surface area contributed by atoms with Gasteiger partial charge in [-0.1, -0.05) is 35.9 Å². The summed E-state index contributed by atoms with van der Waals surface area (Å²) in [4.78, 5) is 31.7. The largest absolute Gasteiger partial charge is 0.368 e. The van der Waals surface area contributed by atoms with Crippen LogP contribution in [0.3, 0.4) is 0 Å². The summed E-state index contributed by atoms with van der Waals surface area (Å²) < 4.78 is 0. The fourth-order valence-corrected chi connectivity index (χ4v) is 4.30. The lowest BCUT2D eigenvalue weighted by Gasteiger charge is -2.37. The second-order valence-corrected chi connectivity index (χ2v) is 7.84. The average molecular weight is 377 g/mol. The molecule has 28 heavy (non-hydrogen) atoms. The fourth-order valence-electron chi connectivity index (χ4n) is 4.30. The van der Waals surface area contributed by atoms with E-state index in [4.69, 9.17) is 0 Å². The van der Waals surface area contributed by atoms with Crippen LogP contribution in [0.5, 0.6) is 0 Å². The molecule has 2 aromatic carbocycles. The number of carbonyl (C=O) groups excluding carboxylic acids is 2. The molecule has 0 aromatic heterocycles. The van der Waals surface area contributed by atoms with Crippen LogP contribution in [0.1, 0.15) is 17.5 Å². The molecule has 0 N–H and O–H groups in total. The van der Waals surface area contributed by atoms with E-state index in [0.29, 0.717) is 26.1 Å². The molecule has 0 aliphatic carbocycles. The van der Waals surface area contributed by atoms with E-state index in [1.807, 2.05) is 49.1 Å². The SMILES string of the molecule is Cc1ccc(N2CC(C(=O)N3CCN(c4ccccc4)CC3)CC2=O)c(C)c1. The first-order valence-corrected chi connectivity index (χ1v) is 9.99. The van der Waals surface area contributed by atoms with Crippen molar-refractivity contribution in [1.29, 1.82) is 0 Å². The van der Waals surface area contributed by atoms with Gasteiger partial charge in [0.2, 0.25) is 11.8 Å². The molecule has 2 amide bonds. The van der Waals surface area contributed by atoms with Gasteiger partial charge in [-0.05, 0) is 37.6 Å². The standard InChI is InChI=1S/C23H27N3O2/c1-17-8-9-21(18(2)14-17)26-16-19(15-22(26)27)23(28)25-12-10-24(11-13-25)20-6-4-3-5-7-20/h3-9,14,19H,10-13,15-16H2,1-2H3. The molecule has 2 saturated heterocycles. The first kappa shape index (κ1) is 18.5. The van der Waals surface area contributed by atoms with Crippen LogP contribution in [0.25, 0.3) is 0 Å². The van der Waals surface area contributed by atoms with Gasteiger partial charge in [0.05, 0.1) is 5.92 Å². The molecule has 2 aliphatic rings. The molecule has 5 nitrogen and oxygen atoms in total. The Morgan fingerprint density at radius 3 is 2.36 bits per heavy atom. The van der Waals surface area contributed by atoms with Crippen LogP contribution in [0.4, 0.5) is 11.4 Å². The third-order valence-electron chi connectivity index (χ3n) is 5.83. The first-order chi connectivity index (χ1) is 13.5. The minimum absolute atomic E-state index is 0.0493. The minimum atomic E-state index is -0.239. The van der Waals surface area contributed by atoms with Crippen molar-refractivity contribution in [3.63, 3.8) is 0 Å². The monoisotopic (exact) mass is 377 g/mol. The van der Waals surface area contributed by atoms with E-state index in [1.54, 1.807) is 4.90 Å². The Bertz CT molecular complexity index is 873. The first-order valence-electron chi connectivity index (χ1n) is 9.99. The maximum Gasteiger partial charge on any atom is 0.228 e. The van der Waals surface area contributed by atoms with Gasteiger partial charge in [0, 0.05) is 50.5 Å². The van der Waals surface area contributed by atoms with Gasteiger partial charge < -0.3 is 14.7 Å². The van der Waals surface area contributed by atoms with Gasteiger partial charge in [-0.15, -0.1) is 0 Å². The predicted octanol–water partition coefficient (Wildman–Crippen LogP) is 3.01. The fraction of sp³-hybridized carbons (Fsp3) is 0.391. The highest BCUT2D eigenvalue weighted by Gasteiger charge is 2.38. The maximum atomic E-state index is 13.0. The topological polar surface area (TPSA) is 43.9 Å². The molecule has 2 aromatic rings. The van der Waals surface area contributed by atoms with Crippen molar-refractivity contribution in [3.8, 4) is 0 Å². The number of aryl methyl sites for hydroxylation is 2. The quantitative estimate of drug-likeness (QED) is 0.826. The van der Waals surface area contributed by atoms with Crippen molar-refractivity contribution < 1.29 is 9.59 Å². The highest BCUT2D eigenvalue weighted by molar-refractivity contribution is 6.00. The summed E-state index contributed by atoms with van der Waals surface area (Å²) in [5.41, 5.74) is 4.39. The third kappa shape index (κ3) is 3.61. The van der Waals surface area contributed by atoms with Gasteiger partial charge in [-0.25, -0.2) is 0 Å². The van der Waals surface area contributed by atoms with Crippen molar-refractivity contribution >= 4 is 23.2 Å². The summed E-state index contributed by atoms with van der Waals surface area (Å²) in [5.74, 6) is -0.0713. The van der Waals surface area contributed by atoms with E-state index in [-0.39, 0.29) is 17.7 Å². The summed E-state index contributed by atoms with van der Waals surface area (Å²) >= 11 is 0. The van der Waals surface area contributed by atoms with Crippen LogP contribution >= 0.6 is 0 Å². The van der Waals surface area contributed by atoms with E-state index < -0.39 is 0 Å². The van der Waals surface area contributed by atoms with Crippen molar-refractivity contribution in [2.24, 2.45) is 5.92 Å². The van der Waals surface area contributed by atoms with Crippen molar-refractivity contribution in [2.75, 3.05) is 42.5 Å². The molecule has 0 bridgehead atoms. The molecule has 2 aliphatic heterocycles. The van der Waals surface area contributed by atoms with Gasteiger partial charge >= 0.3 is 0 Å². The zero-order valence-electron chi connectivity index (χ0n) is 16.6. The molecular weight excluding hydrogens is 350 g/mol. The minimum Gasteiger partial charge on any atom is -0.368 e. The van der Waals surface area contributed by atoms with Crippen molar-refractivity contribution in [2.45, 2.75) is 20.3 Å². The number of amides is 2. The number of hydrogen-bond donors (Lipinski definition) is 0. The van der Waals surface area contributed by atoms with Gasteiger partial charge in [-0.3, -0.25) is 9.59 Å². The molecule has 0 saturated carbocycles. The van der Waals surface area contributed by atoms with Crippen LogP contribution in [0.2, 0.25) is 0 Å². The number of rotatable bonds is 3. The maximum absolute atomic E-state index is 13.0. The van der Waals surface area contributed by atoms with E-state index >= 15 is 0 Å². The van der Waals surface area contributed by atoms with E-state index in [9.17, 15) is 9.59 Å². The Morgan fingerprint density at radius 1 is 0.964 bits per heavy atom. The molecule has 2 fully saturated rings. The molecular formula is C23H27N3O2. The predicted molar refractivity (Wildman–Crippen MR) is 112 cm³/mol. The number of para-hydroxylation sites is 1. The lowest BCUT2D eigenvalue weighted by atomic mass is 10.1. The lowest BCUT2D eigenvalue weighted by Crippen LogP contribution is -2.50. The number of anilines is 2. The molecule has 1 atom stereocenters. The van der Waals surface area contributed by atoms with E-state index in [2.05, 4.69) is 23.1 Å². The Labute approximate surface area is 166 Å². The second kappa shape index (κ2) is 7.66. The van der Waals surface area contributed by atoms with Gasteiger partial charge in [0.15, 0.2) is 0 Å². The van der Waals surface area contributed by atoms with Gasteiger partial charge in [-0.2, -0.15) is 0 Å². The number of piperazine rings is 1. The lowest BCUT2D eigenvalue weighted by molar-refractivity contribution is -0.136. The second-order valence-electron chi connectivity index (χ2n) is 7.84. The third-order valence-corrected chi connectivity index (χ3v) is 5.83. The Hall–Kier alpha value is -2.82. The smallest absolute Gasteiger partial charge is 0.228 e. The summed E-state index contributed by atoms with van der Waals surface area (Å²) in [7, 11) is 0. The number of nitrogens with zero attached hydrogens (tertiary/aromatic N) is 3. The Morgan fingerprint density at radius 2 is 1.68 bits per heavy atom. The molecule has 146 valence electrons. The van der Waals surface area contributed by atoms with Crippen molar-refractivity contribution in [3.05, 3.63) is 59.7 Å². The molecule has 5 heteroatoms. The van der Waals surface area contributed by atoms with E-state index in [0.717, 1.165) is 24.3 Å². The Kier molecular flexibility index (Phi) is 5.07. The average Bonchev–Trinajstić information content (AvgIpc) is 3.10. The zero-order valence-corrected chi connectivity index (χ0v) is 16.6. The summed E-state index contributed by atoms with van der Waals surface area (Å²) in [6.07, 6.45) is 0.311. The summed E-state index contributed by atoms with van der Waals surface area (Å²) in [6.45, 7) is 7.64. The van der Waals surface area contributed by atoms with Crippen LogP contribution < -0.4 is 9.80 Å². The van der Waals surface area contributed by atoms with Gasteiger partial charge in [0.1, 0.15) is 0 Å². The zero-order chi connectivity index (χ0) is 19.7. The number of benzene rings is 2. The molecule has 0 radical (unpaired) electrons. The number of hydrogen-bond acceptors (Lipinski definition) is 3. The van der Waals surface area contributed by atoms with Crippen molar-refractivity contribution in [1.82, 2.24) is 4.90 Å². The van der Waals surface area contributed by atoms with Crippen LogP contribution in [0.15, 0.2) is 48.5 Å². The molecule has 4 rings (SSSR count). The van der Waals surface area contributed by atoms with Crippen LogP contribution in [-0.2, 0) is 9.59 Å². The molecule has 0 spiro atoms. The Balaban J connectivity index is 1.39. The summed E-state index contributed by atoms with van der Waals surface area (Å²) in [5, 5.41) is 0. The van der Waals surface area contributed by atoms with E-state index in [1.165, 1.54) is 11.3 Å². The highest BCUT2D eigenvalue weighted by Crippen LogP contribution is 2.29. The molecule has 2 heterocycles. The number of carbonyl (C=O) groups is 2. The molecule has 1 unspecified atom stereocenters. The highest BCUT2D eigenvalue weighted by atomic mass is 16.2. The van der Waals surface area contributed by atoms with Crippen LogP contribution in [-0.4, -0.2) is 49.4 Å². The van der Waals surface area contributed by atoms with Gasteiger partial charge in [0.25, 0.3) is 0 Å².